The number of amides is 9. The van der Waals surface area contributed by atoms with Crippen LogP contribution in [0.5, 0.6) is 0 Å². The van der Waals surface area contributed by atoms with Crippen LogP contribution in [-0.2, 0) is 52.6 Å². The molecule has 6 aliphatic rings. The smallest absolute Gasteiger partial charge is 0.246 e. The van der Waals surface area contributed by atoms with E-state index in [1.54, 1.807) is 7.05 Å². The number of likely N-dealkylation sites (N-methyl/N-ethyl adjacent to an activating group) is 3. The molecule has 9 amide bonds. The zero-order valence-corrected chi connectivity index (χ0v) is 49.6. The molecule has 2 saturated heterocycles. The number of methoxy groups -OCH3 is 2. The van der Waals surface area contributed by atoms with E-state index >= 15 is 14.4 Å². The van der Waals surface area contributed by atoms with Crippen LogP contribution in [0.2, 0.25) is 0 Å². The van der Waals surface area contributed by atoms with Gasteiger partial charge in [-0.2, -0.15) is 0 Å². The lowest BCUT2D eigenvalue weighted by Gasteiger charge is -2.38. The highest BCUT2D eigenvalue weighted by molar-refractivity contribution is 6.20. The largest absolute Gasteiger partial charge is 0.385 e. The monoisotopic (exact) mass is 1150 g/mol. The Kier molecular flexibility index (Phi) is 25.1. The van der Waals surface area contributed by atoms with Crippen LogP contribution >= 0.6 is 11.6 Å². The normalized spacial score (nSPS) is 32.7. The molecule has 2 heterocycles. The second kappa shape index (κ2) is 31.1. The average molecular weight is 1150 g/mol. The number of nitrogens with one attached hydrogen (secondary N) is 4. The highest BCUT2D eigenvalue weighted by Gasteiger charge is 2.45. The van der Waals surface area contributed by atoms with Gasteiger partial charge in [0.15, 0.2) is 0 Å². The van der Waals surface area contributed by atoms with Crippen LogP contribution in [0.25, 0.3) is 0 Å². The van der Waals surface area contributed by atoms with E-state index in [1.807, 2.05) is 0 Å². The van der Waals surface area contributed by atoms with Crippen molar-refractivity contribution >= 4 is 64.8 Å². The molecular weight excluding hydrogens is 1050 g/mol. The number of alkyl halides is 2. The van der Waals surface area contributed by atoms with Crippen LogP contribution in [-0.4, -0.2) is 206 Å². The molecule has 0 aromatic heterocycles. The first-order valence-corrected chi connectivity index (χ1v) is 30.5. The third kappa shape index (κ3) is 17.7. The highest BCUT2D eigenvalue weighted by Crippen LogP contribution is 2.35. The molecule has 8 atom stereocenters. The molecule has 4 N–H and O–H groups in total. The Bertz CT molecular complexity index is 2120. The Balaban J connectivity index is 1.41. The topological polar surface area (TPSA) is 236 Å². The maximum atomic E-state index is 15.4. The minimum absolute atomic E-state index is 0.00852. The minimum atomic E-state index is -1.19. The first kappa shape index (κ1) is 64.5. The first-order chi connectivity index (χ1) is 38.2. The van der Waals surface area contributed by atoms with E-state index in [0.29, 0.717) is 44.9 Å². The van der Waals surface area contributed by atoms with E-state index in [0.717, 1.165) is 77.0 Å². The van der Waals surface area contributed by atoms with Gasteiger partial charge in [0.2, 0.25) is 53.2 Å². The molecular formula is C58H95ClFN9O11. The summed E-state index contributed by atoms with van der Waals surface area (Å²) in [5.41, 5.74) is 0. The number of fused-ring (bicyclic) bond motifs is 1. The van der Waals surface area contributed by atoms with Crippen LogP contribution < -0.4 is 21.3 Å². The van der Waals surface area contributed by atoms with E-state index in [-0.39, 0.29) is 81.0 Å². The van der Waals surface area contributed by atoms with Gasteiger partial charge >= 0.3 is 0 Å². The van der Waals surface area contributed by atoms with Crippen molar-refractivity contribution in [2.75, 3.05) is 68.2 Å². The average Bonchev–Trinajstić information content (AvgIpc) is 3.99. The SMILES string of the molecule is COCC[C@@H]1NC(=O)[C@H]2CCCN2C(=O)[C@H](CC2CCCCC2)N(C)C(=O)[C@H](CC2CCC(Cl)CC2)NC(=O)[C@H](CC2CCC2)NC(=O)[C@H](CC2CCC(F)CC2)NC(=O)CN(CCOC)C(=O)[C@@H](C)N(C)C(=O)[C@H](C)N(C)C1=O. The Morgan fingerprint density at radius 1 is 0.500 bits per heavy atom. The van der Waals surface area contributed by atoms with Gasteiger partial charge in [-0.25, -0.2) is 4.39 Å². The predicted octanol–water partition coefficient (Wildman–Crippen LogP) is 4.23. The fourth-order valence-corrected chi connectivity index (χ4v) is 13.1. The van der Waals surface area contributed by atoms with Crippen molar-refractivity contribution in [3.05, 3.63) is 0 Å². The Labute approximate surface area is 479 Å². The van der Waals surface area contributed by atoms with E-state index in [1.165, 1.54) is 66.7 Å². The third-order valence-corrected chi connectivity index (χ3v) is 19.0. The van der Waals surface area contributed by atoms with E-state index < -0.39 is 114 Å². The van der Waals surface area contributed by atoms with Crippen molar-refractivity contribution in [1.82, 2.24) is 45.8 Å². The van der Waals surface area contributed by atoms with Crippen molar-refractivity contribution in [3.8, 4) is 0 Å². The van der Waals surface area contributed by atoms with Gasteiger partial charge in [0.25, 0.3) is 0 Å². The minimum Gasteiger partial charge on any atom is -0.385 e. The summed E-state index contributed by atoms with van der Waals surface area (Å²) in [6, 6.07) is -8.85. The van der Waals surface area contributed by atoms with Crippen LogP contribution in [0.3, 0.4) is 0 Å². The van der Waals surface area contributed by atoms with E-state index in [4.69, 9.17) is 21.1 Å². The lowest BCUT2D eigenvalue weighted by Crippen LogP contribution is -2.60. The lowest BCUT2D eigenvalue weighted by atomic mass is 9.80. The summed E-state index contributed by atoms with van der Waals surface area (Å²) in [7, 11) is 7.35. The van der Waals surface area contributed by atoms with E-state index in [9.17, 15) is 33.2 Å². The maximum absolute atomic E-state index is 15.4. The third-order valence-electron chi connectivity index (χ3n) is 18.6. The van der Waals surface area contributed by atoms with E-state index in [2.05, 4.69) is 21.3 Å². The second-order valence-electron chi connectivity index (χ2n) is 24.2. The van der Waals surface area contributed by atoms with Crippen LogP contribution in [0.1, 0.15) is 162 Å². The maximum Gasteiger partial charge on any atom is 0.246 e. The number of carbonyl (C=O) groups is 9. The fraction of sp³-hybridized carbons (Fsp3) is 0.845. The number of hydrogen-bond donors (Lipinski definition) is 4. The summed E-state index contributed by atoms with van der Waals surface area (Å²) in [4.78, 5) is 139. The molecule has 20 nitrogen and oxygen atoms in total. The number of carbonyl (C=O) groups excluding carboxylic acids is 9. The first-order valence-electron chi connectivity index (χ1n) is 30.1. The highest BCUT2D eigenvalue weighted by atomic mass is 35.5. The van der Waals surface area contributed by atoms with Gasteiger partial charge in [-0.15, -0.1) is 11.6 Å². The summed E-state index contributed by atoms with van der Waals surface area (Å²) in [6.45, 7) is 2.77. The summed E-state index contributed by atoms with van der Waals surface area (Å²) in [5, 5.41) is 11.8. The molecule has 0 radical (unpaired) electrons. The van der Waals surface area contributed by atoms with Crippen molar-refractivity contribution in [1.29, 1.82) is 0 Å². The van der Waals surface area contributed by atoms with Crippen molar-refractivity contribution in [3.63, 3.8) is 0 Å². The molecule has 4 aliphatic carbocycles. The number of rotatable bonds is 14. The number of halogens is 2. The van der Waals surface area contributed by atoms with Crippen molar-refractivity contribution < 1.29 is 57.0 Å². The fourth-order valence-electron chi connectivity index (χ4n) is 12.9. The summed E-state index contributed by atoms with van der Waals surface area (Å²) < 4.78 is 25.2. The molecule has 0 aromatic carbocycles. The van der Waals surface area contributed by atoms with Crippen LogP contribution in [0, 0.1) is 23.7 Å². The van der Waals surface area contributed by atoms with Gasteiger partial charge in [-0.1, -0.05) is 51.4 Å². The zero-order valence-electron chi connectivity index (χ0n) is 48.9. The molecule has 0 unspecified atom stereocenters. The van der Waals surface area contributed by atoms with Crippen molar-refractivity contribution in [2.24, 2.45) is 23.7 Å². The standard InChI is InChI=1S/C58H95ClFN9O11/c1-36-54(74)65(3)37(2)55(75)68(28-30-80-7)35-50(70)61-45(32-41-20-24-43(60)25-21-41)51(71)63-46(31-38-15-11-16-38)52(72)64-47(33-40-18-22-42(59)23-19-40)57(77)67(5)49(34-39-13-9-8-10-14-39)58(78)69-27-12-17-48(69)53(73)62-44(26-29-79-6)56(76)66(36)4/h36-49H,8-35H2,1-7H3,(H,61,70)(H,62,73)(H,63,71)(H,64,72)/t36-,37+,40?,41?,42?,43?,44-,45-,46-,47-,48+,49-/m0/s1. The predicted molar refractivity (Wildman–Crippen MR) is 299 cm³/mol. The molecule has 0 spiro atoms. The number of hydrogen-bond acceptors (Lipinski definition) is 11. The summed E-state index contributed by atoms with van der Waals surface area (Å²) in [5.74, 6) is -5.04. The van der Waals surface area contributed by atoms with Gasteiger partial charge in [0.05, 0.1) is 13.2 Å². The van der Waals surface area contributed by atoms with Crippen LogP contribution in [0.15, 0.2) is 0 Å². The molecule has 80 heavy (non-hydrogen) atoms. The Hall–Kier alpha value is -4.63. The summed E-state index contributed by atoms with van der Waals surface area (Å²) in [6.07, 6.45) is 12.8. The molecule has 0 aromatic rings. The molecule has 22 heteroatoms. The molecule has 452 valence electrons. The van der Waals surface area contributed by atoms with Gasteiger partial charge in [0, 0.05) is 60.4 Å². The zero-order chi connectivity index (χ0) is 58.2. The Morgan fingerprint density at radius 2 is 1.00 bits per heavy atom. The molecule has 0 bridgehead atoms. The molecule has 4 saturated carbocycles. The lowest BCUT2D eigenvalue weighted by molar-refractivity contribution is -0.151. The van der Waals surface area contributed by atoms with Gasteiger partial charge in [-0.05, 0) is 134 Å². The Morgan fingerprint density at radius 3 is 1.60 bits per heavy atom. The van der Waals surface area contributed by atoms with Gasteiger partial charge in [0.1, 0.15) is 54.5 Å². The molecule has 6 rings (SSSR count). The summed E-state index contributed by atoms with van der Waals surface area (Å²) >= 11 is 6.58. The second-order valence-corrected chi connectivity index (χ2v) is 24.8. The molecule has 2 aliphatic heterocycles. The van der Waals surface area contributed by atoms with Gasteiger partial charge in [-0.3, -0.25) is 43.2 Å². The van der Waals surface area contributed by atoms with Crippen molar-refractivity contribution in [2.45, 2.75) is 221 Å². The number of nitrogens with zero attached hydrogens (tertiary/aromatic N) is 5. The quantitative estimate of drug-likeness (QED) is 0.180. The molecule has 6 fully saturated rings. The van der Waals surface area contributed by atoms with Crippen LogP contribution in [0.4, 0.5) is 4.39 Å². The van der Waals surface area contributed by atoms with Gasteiger partial charge < -0.3 is 55.2 Å². The number of ether oxygens (including phenoxy) is 2.